The highest BCUT2D eigenvalue weighted by molar-refractivity contribution is 8.06. The van der Waals surface area contributed by atoms with E-state index in [1.54, 1.807) is 6.08 Å². The Balaban J connectivity index is 1.61. The Morgan fingerprint density at radius 2 is 1.85 bits per heavy atom. The van der Waals surface area contributed by atoms with Gasteiger partial charge in [0.2, 0.25) is 0 Å². The van der Waals surface area contributed by atoms with Crippen LogP contribution in [-0.4, -0.2) is 47.6 Å². The molecule has 0 bridgehead atoms. The van der Waals surface area contributed by atoms with E-state index in [1.165, 1.54) is 35.5 Å². The van der Waals surface area contributed by atoms with Gasteiger partial charge in [0.15, 0.2) is 5.54 Å². The normalized spacial score (nSPS) is 25.9. The summed E-state index contributed by atoms with van der Waals surface area (Å²) >= 11 is 2.87. The number of esters is 2. The molecule has 1 fully saturated rings. The van der Waals surface area contributed by atoms with Gasteiger partial charge < -0.3 is 15.2 Å². The van der Waals surface area contributed by atoms with Crippen LogP contribution in [0.15, 0.2) is 82.9 Å². The summed E-state index contributed by atoms with van der Waals surface area (Å²) in [5.74, 6) is -1.02. The largest absolute Gasteiger partial charge is 0.464 e. The van der Waals surface area contributed by atoms with Crippen molar-refractivity contribution in [2.75, 3.05) is 19.5 Å². The van der Waals surface area contributed by atoms with Gasteiger partial charge in [-0.05, 0) is 17.2 Å². The monoisotopic (exact) mass is 494 g/mol. The van der Waals surface area contributed by atoms with E-state index in [0.29, 0.717) is 21.8 Å². The number of nitrogens with two attached hydrogens (primary N) is 1. The van der Waals surface area contributed by atoms with Crippen molar-refractivity contribution in [3.8, 4) is 0 Å². The highest BCUT2D eigenvalue weighted by Gasteiger charge is 2.65. The number of ether oxygens (including phenoxy) is 2. The number of cyclic esters (lactones) is 1. The zero-order valence-electron chi connectivity index (χ0n) is 18.3. The summed E-state index contributed by atoms with van der Waals surface area (Å²) in [4.78, 5) is 40.7. The quantitative estimate of drug-likeness (QED) is 0.483. The maximum absolute atomic E-state index is 13.5. The van der Waals surface area contributed by atoms with Crippen molar-refractivity contribution >= 4 is 41.4 Å². The van der Waals surface area contributed by atoms with Crippen molar-refractivity contribution in [3.63, 3.8) is 0 Å². The molecule has 2 aromatic carbocycles. The Labute approximate surface area is 205 Å². The van der Waals surface area contributed by atoms with Gasteiger partial charge in [0, 0.05) is 16.2 Å². The Morgan fingerprint density at radius 3 is 2.47 bits per heavy atom. The van der Waals surface area contributed by atoms with Gasteiger partial charge in [0.05, 0.1) is 12.4 Å². The van der Waals surface area contributed by atoms with Crippen LogP contribution in [0.2, 0.25) is 0 Å². The van der Waals surface area contributed by atoms with Crippen LogP contribution in [-0.2, 0) is 29.4 Å². The van der Waals surface area contributed by atoms with Crippen LogP contribution >= 0.6 is 23.5 Å². The van der Waals surface area contributed by atoms with E-state index >= 15 is 0 Å². The average Bonchev–Trinajstić information content (AvgIpc) is 3.30. The van der Waals surface area contributed by atoms with Gasteiger partial charge in [0.25, 0.3) is 5.91 Å². The lowest BCUT2D eigenvalue weighted by atomic mass is 9.81. The fourth-order valence-corrected chi connectivity index (χ4v) is 7.42. The van der Waals surface area contributed by atoms with Gasteiger partial charge in [-0.2, -0.15) is 0 Å². The van der Waals surface area contributed by atoms with E-state index in [4.69, 9.17) is 15.2 Å². The molecule has 9 heteroatoms. The minimum absolute atomic E-state index is 0.180. The predicted octanol–water partition coefficient (Wildman–Crippen LogP) is 3.10. The van der Waals surface area contributed by atoms with Crippen molar-refractivity contribution < 1.29 is 23.9 Å². The molecule has 1 saturated heterocycles. The molecule has 1 amide bonds. The van der Waals surface area contributed by atoms with Crippen molar-refractivity contribution in [2.45, 2.75) is 16.2 Å². The lowest BCUT2D eigenvalue weighted by Crippen LogP contribution is -2.75. The molecule has 3 heterocycles. The van der Waals surface area contributed by atoms with Crippen LogP contribution in [0.5, 0.6) is 0 Å². The van der Waals surface area contributed by atoms with Crippen molar-refractivity contribution in [1.29, 1.82) is 0 Å². The summed E-state index contributed by atoms with van der Waals surface area (Å²) in [6, 6.07) is 18.9. The molecule has 174 valence electrons. The molecular formula is C25H22N2O5S2. The standard InChI is InChI=1S/C25H22N2O5S2/c1-31-22(29)18-20(33-14-16-12-13-32-21(16)28)19(15-8-4-2-5-9-15)34-24-25(26,23(30)27(18)24)17-10-6-3-7-11-17/h2-12,19,24H,13-14,26H2,1H3/t19?,24-,25+/m0/s1. The van der Waals surface area contributed by atoms with Gasteiger partial charge in [0.1, 0.15) is 17.7 Å². The molecule has 2 aromatic rings. The van der Waals surface area contributed by atoms with E-state index in [0.717, 1.165) is 5.56 Å². The lowest BCUT2D eigenvalue weighted by molar-refractivity contribution is -0.156. The maximum Gasteiger partial charge on any atom is 0.355 e. The number of rotatable bonds is 6. The predicted molar refractivity (Wildman–Crippen MR) is 130 cm³/mol. The van der Waals surface area contributed by atoms with E-state index in [2.05, 4.69) is 0 Å². The van der Waals surface area contributed by atoms with Gasteiger partial charge in [-0.1, -0.05) is 60.7 Å². The number of carbonyl (C=O) groups excluding carboxylic acids is 3. The van der Waals surface area contributed by atoms with Gasteiger partial charge in [-0.3, -0.25) is 9.69 Å². The number of amides is 1. The molecule has 1 unspecified atom stereocenters. The van der Waals surface area contributed by atoms with Crippen molar-refractivity contribution in [2.24, 2.45) is 5.73 Å². The first-order valence-corrected chi connectivity index (χ1v) is 12.6. The summed E-state index contributed by atoms with van der Waals surface area (Å²) < 4.78 is 10.1. The van der Waals surface area contributed by atoms with Gasteiger partial charge in [-0.15, -0.1) is 23.5 Å². The van der Waals surface area contributed by atoms with Gasteiger partial charge >= 0.3 is 11.9 Å². The third-order valence-electron chi connectivity index (χ3n) is 6.10. The highest BCUT2D eigenvalue weighted by Crippen LogP contribution is 2.59. The van der Waals surface area contributed by atoms with E-state index in [-0.39, 0.29) is 29.4 Å². The molecule has 2 N–H and O–H groups in total. The highest BCUT2D eigenvalue weighted by atomic mass is 32.2. The molecule has 3 aliphatic rings. The fraction of sp³-hybridized carbons (Fsp3) is 0.240. The van der Waals surface area contributed by atoms with Crippen molar-refractivity contribution in [1.82, 2.24) is 4.90 Å². The smallest absolute Gasteiger partial charge is 0.355 e. The minimum Gasteiger partial charge on any atom is -0.464 e. The Morgan fingerprint density at radius 1 is 1.18 bits per heavy atom. The first-order valence-electron chi connectivity index (χ1n) is 10.7. The summed E-state index contributed by atoms with van der Waals surface area (Å²) in [6.45, 7) is 0.244. The topological polar surface area (TPSA) is 98.9 Å². The Hall–Kier alpha value is -3.01. The second-order valence-corrected chi connectivity index (χ2v) is 10.2. The second-order valence-electron chi connectivity index (χ2n) is 8.01. The van der Waals surface area contributed by atoms with Crippen LogP contribution in [0.3, 0.4) is 0 Å². The molecular weight excluding hydrogens is 472 g/mol. The third kappa shape index (κ3) is 3.55. The zero-order valence-corrected chi connectivity index (χ0v) is 19.9. The van der Waals surface area contributed by atoms with E-state index in [1.807, 2.05) is 60.7 Å². The maximum atomic E-state index is 13.5. The van der Waals surface area contributed by atoms with E-state index in [9.17, 15) is 14.4 Å². The molecule has 5 rings (SSSR count). The molecule has 0 saturated carbocycles. The number of hydrogen-bond acceptors (Lipinski definition) is 8. The average molecular weight is 495 g/mol. The fourth-order valence-electron chi connectivity index (χ4n) is 4.31. The summed E-state index contributed by atoms with van der Waals surface area (Å²) in [5.41, 5.74) is 7.84. The lowest BCUT2D eigenvalue weighted by Gasteiger charge is -2.57. The van der Waals surface area contributed by atoms with Crippen LogP contribution < -0.4 is 5.73 Å². The van der Waals surface area contributed by atoms with Crippen LogP contribution in [0.25, 0.3) is 0 Å². The molecule has 34 heavy (non-hydrogen) atoms. The number of fused-ring (bicyclic) bond motifs is 1. The van der Waals surface area contributed by atoms with Crippen LogP contribution in [0, 0.1) is 0 Å². The molecule has 0 aromatic heterocycles. The van der Waals surface area contributed by atoms with Crippen molar-refractivity contribution in [3.05, 3.63) is 94.0 Å². The number of nitrogens with zero attached hydrogens (tertiary/aromatic N) is 1. The Kier molecular flexibility index (Phi) is 6.01. The first-order chi connectivity index (χ1) is 16.5. The molecule has 7 nitrogen and oxygen atoms in total. The van der Waals surface area contributed by atoms with Gasteiger partial charge in [-0.25, -0.2) is 9.59 Å². The summed E-state index contributed by atoms with van der Waals surface area (Å²) in [5, 5.41) is -0.777. The number of carbonyl (C=O) groups is 3. The molecule has 3 aliphatic heterocycles. The summed E-state index contributed by atoms with van der Waals surface area (Å²) in [6.07, 6.45) is 1.74. The molecule has 3 atom stereocenters. The molecule has 0 spiro atoms. The van der Waals surface area contributed by atoms with Crippen LogP contribution in [0.1, 0.15) is 16.4 Å². The number of β-lactam (4-membered cyclic amide) rings is 1. The molecule has 0 radical (unpaired) electrons. The third-order valence-corrected chi connectivity index (χ3v) is 9.06. The SMILES string of the molecule is COC(=O)C1=C(SCC2=CCOC2=O)C(c2ccccc2)S[C@@H]2N1C(=O)[C@]2(N)c1ccccc1. The number of benzene rings is 2. The number of methoxy groups -OCH3 is 1. The first kappa shape index (κ1) is 22.8. The zero-order chi connectivity index (χ0) is 23.9. The van der Waals surface area contributed by atoms with E-state index < -0.39 is 16.9 Å². The Bertz CT molecular complexity index is 1210. The number of thioether (sulfide) groups is 2. The minimum atomic E-state index is -1.27. The molecule has 0 aliphatic carbocycles. The van der Waals surface area contributed by atoms with Crippen LogP contribution in [0.4, 0.5) is 0 Å². The summed E-state index contributed by atoms with van der Waals surface area (Å²) in [7, 11) is 1.29. The second kappa shape index (κ2) is 8.98. The number of hydrogen-bond donors (Lipinski definition) is 1.